The van der Waals surface area contributed by atoms with E-state index < -0.39 is 0 Å². The number of rotatable bonds is 6. The monoisotopic (exact) mass is 1480 g/mol. The van der Waals surface area contributed by atoms with Gasteiger partial charge in [0.2, 0.25) is 0 Å². The molecule has 14 unspecified atom stereocenters. The molecule has 612 valence electrons. The Morgan fingerprint density at radius 1 is 0.185 bits per heavy atom. The highest BCUT2D eigenvalue weighted by molar-refractivity contribution is 5.35. The summed E-state index contributed by atoms with van der Waals surface area (Å²) in [6, 6.07) is 36.3. The second-order valence-corrected chi connectivity index (χ2v) is 40.2. The summed E-state index contributed by atoms with van der Waals surface area (Å²) in [6.45, 7) is 61.7. The van der Waals surface area contributed by atoms with Crippen LogP contribution in [-0.2, 0) is 0 Å². The second-order valence-electron chi connectivity index (χ2n) is 40.2. The van der Waals surface area contributed by atoms with Gasteiger partial charge in [0.1, 0.15) is 0 Å². The lowest BCUT2D eigenvalue weighted by Gasteiger charge is -2.37. The van der Waals surface area contributed by atoms with Crippen LogP contribution in [0.5, 0.6) is 0 Å². The van der Waals surface area contributed by atoms with Crippen LogP contribution in [0.15, 0.2) is 103 Å². The van der Waals surface area contributed by atoms with Crippen molar-refractivity contribution in [2.24, 2.45) is 118 Å². The fraction of sp³-hybridized carbons (Fsp3) is 0.722. The third kappa shape index (κ3) is 40.7. The highest BCUT2D eigenvalue weighted by Crippen LogP contribution is 2.44. The molecule has 0 nitrogen and oxygen atoms in total. The van der Waals surface area contributed by atoms with Gasteiger partial charge in [-0.15, -0.1) is 0 Å². The Kier molecular flexibility index (Phi) is 46.9. The Morgan fingerprint density at radius 2 is 0.435 bits per heavy atom. The van der Waals surface area contributed by atoms with Gasteiger partial charge in [-0.25, -0.2) is 0 Å². The zero-order chi connectivity index (χ0) is 80.0. The summed E-state index contributed by atoms with van der Waals surface area (Å²) in [5, 5.41) is 0. The van der Waals surface area contributed by atoms with E-state index in [0.29, 0.717) is 0 Å². The van der Waals surface area contributed by atoms with E-state index in [1.165, 1.54) is 252 Å². The van der Waals surface area contributed by atoms with Gasteiger partial charge in [0.05, 0.1) is 0 Å². The Balaban J connectivity index is 0.000000258. The molecule has 0 spiro atoms. The quantitative estimate of drug-likeness (QED) is 0.159. The molecule has 8 fully saturated rings. The van der Waals surface area contributed by atoms with Gasteiger partial charge in [0, 0.05) is 0 Å². The van der Waals surface area contributed by atoms with Gasteiger partial charge >= 0.3 is 0 Å². The third-order valence-electron chi connectivity index (χ3n) is 29.2. The molecule has 0 radical (unpaired) electrons. The highest BCUT2D eigenvalue weighted by atomic mass is 14.4. The van der Waals surface area contributed by atoms with Crippen LogP contribution in [0, 0.1) is 208 Å². The number of hydrogen-bond donors (Lipinski definition) is 0. The minimum absolute atomic E-state index is 0.980. The summed E-state index contributed by atoms with van der Waals surface area (Å²) in [6.07, 6.45) is 46.7. The standard InChI is InChI=1S/2C17H32.C15H28.C10H14.C9H12.C8H16.C8H10.C8H16.2C8H10/c2*1-12-5-7-16(9-14(12)3)11-17-8-6-13(2)15(4)10-17;1-12-3-7-14(8-4-12)11-15-9-5-13(2)6-10-15;1-7-5-9(3)10(4)6-8(7)2;1-7-4-5-8(2)9(3)6-7;2*1-7-3-5-8(2)6-4-7;2*1-7-4-3-5-8(2)6-7;1-7-5-3-4-6-8(7)2/h2*12-17H,5-11H2,1-4H3;12-15H,3-11H2,1-2H3;5-6H,1-4H3;4-6H,1-3H3;7-8H,3-6H2,1-2H3;3-6H,1-2H3;7-8H,3-6H2,1-2H3;2*3-6H,1-2H3. The van der Waals surface area contributed by atoms with E-state index in [1.807, 2.05) is 0 Å². The van der Waals surface area contributed by atoms with E-state index in [9.17, 15) is 0 Å². The summed E-state index contributed by atoms with van der Waals surface area (Å²) in [7, 11) is 0. The first-order chi connectivity index (χ1) is 51.1. The van der Waals surface area contributed by atoms with Crippen molar-refractivity contribution in [2.45, 2.75) is 386 Å². The molecule has 14 atom stereocenters. The maximum absolute atomic E-state index is 2.47. The lowest BCUT2D eigenvalue weighted by molar-refractivity contribution is 0.139. The minimum Gasteiger partial charge on any atom is -0.0625 e. The fourth-order valence-corrected chi connectivity index (χ4v) is 19.3. The predicted molar refractivity (Wildman–Crippen MR) is 486 cm³/mol. The van der Waals surface area contributed by atoms with Crippen LogP contribution in [0.2, 0.25) is 0 Å². The lowest BCUT2D eigenvalue weighted by atomic mass is 9.68. The summed E-state index contributed by atoms with van der Waals surface area (Å²) in [4.78, 5) is 0. The Hall–Kier alpha value is -3.90. The van der Waals surface area contributed by atoms with E-state index in [0.717, 1.165) is 118 Å². The van der Waals surface area contributed by atoms with Crippen molar-refractivity contribution in [3.63, 3.8) is 0 Å². The molecule has 0 N–H and O–H groups in total. The predicted octanol–water partition coefficient (Wildman–Crippen LogP) is 34.2. The smallest absolute Gasteiger partial charge is 0.0395 e. The average molecular weight is 1480 g/mol. The normalized spacial score (nSPS) is 30.7. The van der Waals surface area contributed by atoms with E-state index in [2.05, 4.69) is 290 Å². The Labute approximate surface area is 675 Å². The topological polar surface area (TPSA) is 0 Å². The van der Waals surface area contributed by atoms with Crippen LogP contribution in [0.3, 0.4) is 0 Å². The summed E-state index contributed by atoms with van der Waals surface area (Å²) >= 11 is 0. The molecule has 0 bridgehead atoms. The lowest BCUT2D eigenvalue weighted by Crippen LogP contribution is -2.26. The van der Waals surface area contributed by atoms with Crippen molar-refractivity contribution in [3.8, 4) is 0 Å². The molecule has 0 aliphatic heterocycles. The molecular formula is C108H180. The molecule has 13 rings (SSSR count). The van der Waals surface area contributed by atoms with Gasteiger partial charge in [-0.3, -0.25) is 0 Å². The van der Waals surface area contributed by atoms with Gasteiger partial charge in [-0.05, 0) is 304 Å². The van der Waals surface area contributed by atoms with Gasteiger partial charge < -0.3 is 0 Å². The minimum atomic E-state index is 0.980. The van der Waals surface area contributed by atoms with E-state index in [4.69, 9.17) is 0 Å². The van der Waals surface area contributed by atoms with E-state index in [-0.39, 0.29) is 0 Å². The highest BCUT2D eigenvalue weighted by Gasteiger charge is 2.32. The molecule has 0 heterocycles. The maximum atomic E-state index is 2.47. The fourth-order valence-electron chi connectivity index (χ4n) is 19.3. The maximum Gasteiger partial charge on any atom is -0.0395 e. The average Bonchev–Trinajstić information content (AvgIpc) is 0.868. The molecule has 108 heavy (non-hydrogen) atoms. The van der Waals surface area contributed by atoms with Gasteiger partial charge in [0.25, 0.3) is 0 Å². The first-order valence-electron chi connectivity index (χ1n) is 46.3. The summed E-state index contributed by atoms with van der Waals surface area (Å²) in [5.74, 6) is 20.4. The van der Waals surface area contributed by atoms with Crippen LogP contribution >= 0.6 is 0 Å². The van der Waals surface area contributed by atoms with E-state index >= 15 is 0 Å². The molecule has 8 aliphatic carbocycles. The largest absolute Gasteiger partial charge is 0.0625 e. The van der Waals surface area contributed by atoms with Crippen LogP contribution < -0.4 is 0 Å². The molecule has 0 saturated heterocycles. The van der Waals surface area contributed by atoms with Crippen LogP contribution in [0.4, 0.5) is 0 Å². The van der Waals surface area contributed by atoms with Crippen molar-refractivity contribution in [1.82, 2.24) is 0 Å². The SMILES string of the molecule is CC1CCC(C)CC1.CC1CCC(CC2CCC(C)C(C)C2)CC1C.CC1CCC(CC2CCC(C)C(C)C2)CC1C.CC1CCC(CC2CCC(C)CC2)CC1.CC1CCCC(C)C1.Cc1cc(C)c(C)cc1C.Cc1ccc(C)c(C)c1.Cc1ccc(C)cc1.Cc1cccc(C)c1.Cc1ccccc1C. The zero-order valence-corrected chi connectivity index (χ0v) is 76.8. The Bertz CT molecular complexity index is 2840. The van der Waals surface area contributed by atoms with Crippen molar-refractivity contribution < 1.29 is 0 Å². The molecular weight excluding hydrogens is 1300 g/mol. The van der Waals surface area contributed by atoms with Gasteiger partial charge in [-0.2, -0.15) is 0 Å². The van der Waals surface area contributed by atoms with Crippen LogP contribution in [-0.4, -0.2) is 0 Å². The Morgan fingerprint density at radius 3 is 0.676 bits per heavy atom. The van der Waals surface area contributed by atoms with Crippen molar-refractivity contribution in [3.05, 3.63) is 175 Å². The zero-order valence-electron chi connectivity index (χ0n) is 76.8. The number of benzene rings is 5. The third-order valence-corrected chi connectivity index (χ3v) is 29.2. The first-order valence-corrected chi connectivity index (χ1v) is 46.3. The molecule has 5 aromatic rings. The van der Waals surface area contributed by atoms with Crippen molar-refractivity contribution in [1.29, 1.82) is 0 Å². The number of hydrogen-bond acceptors (Lipinski definition) is 0. The second kappa shape index (κ2) is 52.5. The summed E-state index contributed by atoms with van der Waals surface area (Å²) in [5.41, 5.74) is 17.7. The van der Waals surface area contributed by atoms with Crippen molar-refractivity contribution >= 4 is 0 Å². The molecule has 0 aromatic heterocycles. The molecule has 0 amide bonds. The molecule has 0 heteroatoms. The molecule has 8 aliphatic rings. The van der Waals surface area contributed by atoms with Crippen LogP contribution in [0.1, 0.15) is 368 Å². The summed E-state index contributed by atoms with van der Waals surface area (Å²) < 4.78 is 0. The van der Waals surface area contributed by atoms with Crippen molar-refractivity contribution in [2.75, 3.05) is 0 Å². The van der Waals surface area contributed by atoms with Gasteiger partial charge in [-0.1, -0.05) is 376 Å². The number of aryl methyl sites for hydroxylation is 13. The van der Waals surface area contributed by atoms with Crippen LogP contribution in [0.25, 0.3) is 0 Å². The first kappa shape index (κ1) is 96.5. The van der Waals surface area contributed by atoms with E-state index in [1.54, 1.807) is 19.3 Å². The molecule has 8 saturated carbocycles. The molecule has 5 aromatic carbocycles. The van der Waals surface area contributed by atoms with Gasteiger partial charge in [0.15, 0.2) is 0 Å².